The topological polar surface area (TPSA) is 64.3 Å². The van der Waals surface area contributed by atoms with E-state index >= 15 is 0 Å². The van der Waals surface area contributed by atoms with E-state index in [-0.39, 0.29) is 18.4 Å². The molecule has 1 aromatic rings. The van der Waals surface area contributed by atoms with Gasteiger partial charge >= 0.3 is 0 Å². The van der Waals surface area contributed by atoms with E-state index < -0.39 is 5.54 Å². The van der Waals surface area contributed by atoms with Crippen molar-refractivity contribution in [2.24, 2.45) is 5.73 Å². The van der Waals surface area contributed by atoms with Gasteiger partial charge in [0, 0.05) is 12.0 Å². The van der Waals surface area contributed by atoms with Crippen LogP contribution in [0.25, 0.3) is 0 Å². The molecule has 4 nitrogen and oxygen atoms in total. The molecule has 0 saturated carbocycles. The molecular formula is C14H22N2O2. The van der Waals surface area contributed by atoms with Crippen molar-refractivity contribution in [1.82, 2.24) is 5.32 Å². The standard InChI is InChI=1S/C14H22N2O2/c1-10(2)18-12-7-5-11(6-8-12)14(3,16-4)9-13(15)17/h5-8,10,16H,9H2,1-4H3,(H2,15,17). The number of carbonyl (C=O) groups is 1. The molecule has 0 aliphatic rings. The van der Waals surface area contributed by atoms with Crippen LogP contribution < -0.4 is 15.8 Å². The Morgan fingerprint density at radius 1 is 1.39 bits per heavy atom. The lowest BCUT2D eigenvalue weighted by atomic mass is 9.88. The van der Waals surface area contributed by atoms with Gasteiger partial charge in [-0.2, -0.15) is 0 Å². The maximum absolute atomic E-state index is 11.1. The van der Waals surface area contributed by atoms with Crippen LogP contribution in [0.4, 0.5) is 0 Å². The molecule has 1 atom stereocenters. The summed E-state index contributed by atoms with van der Waals surface area (Å²) in [5.41, 5.74) is 5.86. The molecule has 0 aliphatic heterocycles. The molecule has 3 N–H and O–H groups in total. The van der Waals surface area contributed by atoms with Gasteiger partial charge in [-0.05, 0) is 45.5 Å². The quantitative estimate of drug-likeness (QED) is 0.809. The van der Waals surface area contributed by atoms with Crippen LogP contribution in [-0.2, 0) is 10.3 Å². The Bertz CT molecular complexity index is 401. The first-order valence-corrected chi connectivity index (χ1v) is 6.12. The predicted molar refractivity (Wildman–Crippen MR) is 72.4 cm³/mol. The van der Waals surface area contributed by atoms with Crippen molar-refractivity contribution in [1.29, 1.82) is 0 Å². The summed E-state index contributed by atoms with van der Waals surface area (Å²) in [4.78, 5) is 11.1. The van der Waals surface area contributed by atoms with Crippen LogP contribution in [0.2, 0.25) is 0 Å². The highest BCUT2D eigenvalue weighted by Gasteiger charge is 2.26. The lowest BCUT2D eigenvalue weighted by Crippen LogP contribution is -2.40. The lowest BCUT2D eigenvalue weighted by Gasteiger charge is -2.28. The molecule has 1 rings (SSSR count). The summed E-state index contributed by atoms with van der Waals surface area (Å²) in [6, 6.07) is 7.73. The van der Waals surface area contributed by atoms with Crippen molar-refractivity contribution < 1.29 is 9.53 Å². The molecule has 4 heteroatoms. The molecule has 0 spiro atoms. The summed E-state index contributed by atoms with van der Waals surface area (Å²) >= 11 is 0. The lowest BCUT2D eigenvalue weighted by molar-refractivity contribution is -0.119. The van der Waals surface area contributed by atoms with Crippen molar-refractivity contribution in [3.63, 3.8) is 0 Å². The Balaban J connectivity index is 2.91. The first-order valence-electron chi connectivity index (χ1n) is 6.12. The van der Waals surface area contributed by atoms with Crippen LogP contribution >= 0.6 is 0 Å². The summed E-state index contributed by atoms with van der Waals surface area (Å²) in [5, 5.41) is 3.14. The number of carbonyl (C=O) groups excluding carboxylic acids is 1. The zero-order valence-corrected chi connectivity index (χ0v) is 11.5. The van der Waals surface area contributed by atoms with E-state index in [2.05, 4.69) is 5.32 Å². The highest BCUT2D eigenvalue weighted by atomic mass is 16.5. The van der Waals surface area contributed by atoms with Crippen molar-refractivity contribution >= 4 is 5.91 Å². The summed E-state index contributed by atoms with van der Waals surface area (Å²) in [7, 11) is 1.82. The van der Waals surface area contributed by atoms with E-state index in [9.17, 15) is 4.79 Å². The van der Waals surface area contributed by atoms with Crippen LogP contribution in [-0.4, -0.2) is 19.1 Å². The minimum absolute atomic E-state index is 0.150. The third-order valence-electron chi connectivity index (χ3n) is 2.94. The smallest absolute Gasteiger partial charge is 0.219 e. The highest BCUT2D eigenvalue weighted by Crippen LogP contribution is 2.26. The van der Waals surface area contributed by atoms with Gasteiger partial charge in [-0.25, -0.2) is 0 Å². The van der Waals surface area contributed by atoms with Crippen molar-refractivity contribution in [3.05, 3.63) is 29.8 Å². The van der Waals surface area contributed by atoms with Crippen molar-refractivity contribution in [2.45, 2.75) is 38.8 Å². The third-order valence-corrected chi connectivity index (χ3v) is 2.94. The maximum Gasteiger partial charge on any atom is 0.219 e. The van der Waals surface area contributed by atoms with Gasteiger partial charge in [0.2, 0.25) is 5.91 Å². The normalized spacial score (nSPS) is 14.3. The van der Waals surface area contributed by atoms with Gasteiger partial charge in [0.05, 0.1) is 6.10 Å². The van der Waals surface area contributed by atoms with E-state index in [1.165, 1.54) is 0 Å². The minimum Gasteiger partial charge on any atom is -0.491 e. The Morgan fingerprint density at radius 2 is 1.94 bits per heavy atom. The maximum atomic E-state index is 11.1. The number of ether oxygens (including phenoxy) is 1. The van der Waals surface area contributed by atoms with Gasteiger partial charge in [-0.15, -0.1) is 0 Å². The second-order valence-electron chi connectivity index (χ2n) is 4.92. The van der Waals surface area contributed by atoms with Crippen LogP contribution in [0, 0.1) is 0 Å². The van der Waals surface area contributed by atoms with E-state index in [4.69, 9.17) is 10.5 Å². The second kappa shape index (κ2) is 5.87. The Labute approximate surface area is 109 Å². The molecule has 18 heavy (non-hydrogen) atoms. The predicted octanol–water partition coefficient (Wildman–Crippen LogP) is 1.78. The van der Waals surface area contributed by atoms with E-state index in [0.29, 0.717) is 0 Å². The first kappa shape index (κ1) is 14.5. The number of amides is 1. The average molecular weight is 250 g/mol. The molecule has 0 heterocycles. The fourth-order valence-electron chi connectivity index (χ4n) is 1.86. The van der Waals surface area contributed by atoms with Crippen molar-refractivity contribution in [3.8, 4) is 5.75 Å². The molecule has 1 amide bonds. The number of nitrogens with two attached hydrogens (primary N) is 1. The molecule has 1 unspecified atom stereocenters. The molecular weight excluding hydrogens is 228 g/mol. The zero-order valence-electron chi connectivity index (χ0n) is 11.5. The molecule has 0 fully saturated rings. The molecule has 0 aromatic heterocycles. The van der Waals surface area contributed by atoms with Gasteiger partial charge < -0.3 is 15.8 Å². The van der Waals surface area contributed by atoms with Crippen LogP contribution in [0.3, 0.4) is 0 Å². The molecule has 0 aliphatic carbocycles. The van der Waals surface area contributed by atoms with Gasteiger partial charge in [0.15, 0.2) is 0 Å². The molecule has 100 valence electrons. The summed E-state index contributed by atoms with van der Waals surface area (Å²) in [5.74, 6) is 0.501. The Kier molecular flexibility index (Phi) is 4.73. The number of hydrogen-bond donors (Lipinski definition) is 2. The molecule has 0 bridgehead atoms. The Hall–Kier alpha value is -1.55. The second-order valence-corrected chi connectivity index (χ2v) is 4.92. The van der Waals surface area contributed by atoms with E-state index in [0.717, 1.165) is 11.3 Å². The number of rotatable bonds is 6. The van der Waals surface area contributed by atoms with Gasteiger partial charge in [0.1, 0.15) is 5.75 Å². The molecule has 0 radical (unpaired) electrons. The van der Waals surface area contributed by atoms with Crippen LogP contribution in [0.5, 0.6) is 5.75 Å². The monoisotopic (exact) mass is 250 g/mol. The third kappa shape index (κ3) is 3.74. The van der Waals surface area contributed by atoms with Gasteiger partial charge in [0.25, 0.3) is 0 Å². The summed E-state index contributed by atoms with van der Waals surface area (Å²) in [6.07, 6.45) is 0.408. The Morgan fingerprint density at radius 3 is 2.33 bits per heavy atom. The average Bonchev–Trinajstić information content (AvgIpc) is 2.28. The molecule has 1 aromatic carbocycles. The number of primary amides is 1. The van der Waals surface area contributed by atoms with Crippen molar-refractivity contribution in [2.75, 3.05) is 7.05 Å². The van der Waals surface area contributed by atoms with E-state index in [1.807, 2.05) is 52.1 Å². The summed E-state index contributed by atoms with van der Waals surface area (Å²) in [6.45, 7) is 5.92. The number of benzene rings is 1. The number of nitrogens with one attached hydrogen (secondary N) is 1. The van der Waals surface area contributed by atoms with Crippen LogP contribution in [0.15, 0.2) is 24.3 Å². The SMILES string of the molecule is CNC(C)(CC(N)=O)c1ccc(OC(C)C)cc1. The fraction of sp³-hybridized carbons (Fsp3) is 0.500. The van der Waals surface area contributed by atoms with Crippen LogP contribution in [0.1, 0.15) is 32.8 Å². The van der Waals surface area contributed by atoms with Gasteiger partial charge in [-0.3, -0.25) is 4.79 Å². The fourth-order valence-corrected chi connectivity index (χ4v) is 1.86. The highest BCUT2D eigenvalue weighted by molar-refractivity contribution is 5.75. The summed E-state index contributed by atoms with van der Waals surface area (Å²) < 4.78 is 5.58. The first-order chi connectivity index (χ1) is 8.37. The zero-order chi connectivity index (χ0) is 13.8. The number of hydrogen-bond acceptors (Lipinski definition) is 3. The van der Waals surface area contributed by atoms with E-state index in [1.54, 1.807) is 0 Å². The molecule has 0 saturated heterocycles. The largest absolute Gasteiger partial charge is 0.491 e. The minimum atomic E-state index is -0.442. The van der Waals surface area contributed by atoms with Gasteiger partial charge in [-0.1, -0.05) is 12.1 Å².